The molecule has 0 atom stereocenters. The van der Waals surface area contributed by atoms with Gasteiger partial charge in [0.05, 0.1) is 5.57 Å². The van der Waals surface area contributed by atoms with E-state index in [1.165, 1.54) is 6.33 Å². The van der Waals surface area contributed by atoms with Crippen molar-refractivity contribution in [3.8, 4) is 0 Å². The Bertz CT molecular complexity index is 639. The summed E-state index contributed by atoms with van der Waals surface area (Å²) in [6.07, 6.45) is 3.24. The molecule has 104 valence electrons. The maximum atomic E-state index is 12.6. The third kappa shape index (κ3) is 3.42. The number of nitrogens with one attached hydrogen (secondary N) is 1. The number of ketones is 1. The van der Waals surface area contributed by atoms with Crippen LogP contribution >= 0.6 is 15.9 Å². The molecule has 0 radical (unpaired) electrons. The third-order valence-electron chi connectivity index (χ3n) is 2.76. The number of allylic oxidation sites excluding steroid dienone is 1. The first kappa shape index (κ1) is 14.7. The molecule has 2 rings (SSSR count). The van der Waals surface area contributed by atoms with Crippen LogP contribution < -0.4 is 0 Å². The topological polar surface area (TPSA) is 58.6 Å². The molecule has 0 aliphatic carbocycles. The van der Waals surface area contributed by atoms with E-state index in [9.17, 15) is 4.79 Å². The summed E-state index contributed by atoms with van der Waals surface area (Å²) >= 11 is 3.43. The highest BCUT2D eigenvalue weighted by Crippen LogP contribution is 2.27. The van der Waals surface area contributed by atoms with E-state index in [4.69, 9.17) is 0 Å². The largest absolute Gasteiger partial charge is 0.293 e. The molecule has 1 N–H and O–H groups in total. The van der Waals surface area contributed by atoms with Crippen molar-refractivity contribution in [2.45, 2.75) is 20.8 Å². The number of aromatic amines is 1. The van der Waals surface area contributed by atoms with Crippen molar-refractivity contribution in [1.82, 2.24) is 15.2 Å². The maximum Gasteiger partial charge on any atom is 0.171 e. The zero-order valence-electron chi connectivity index (χ0n) is 11.6. The van der Waals surface area contributed by atoms with Crippen LogP contribution in [0.3, 0.4) is 0 Å². The fourth-order valence-corrected chi connectivity index (χ4v) is 2.16. The van der Waals surface area contributed by atoms with E-state index >= 15 is 0 Å². The van der Waals surface area contributed by atoms with Crippen molar-refractivity contribution in [1.29, 1.82) is 0 Å². The van der Waals surface area contributed by atoms with Gasteiger partial charge in [0.2, 0.25) is 0 Å². The van der Waals surface area contributed by atoms with Gasteiger partial charge < -0.3 is 0 Å². The molecule has 0 saturated carbocycles. The van der Waals surface area contributed by atoms with E-state index in [0.29, 0.717) is 11.4 Å². The predicted octanol–water partition coefficient (Wildman–Crippen LogP) is 3.72. The molecule has 1 aromatic heterocycles. The van der Waals surface area contributed by atoms with Crippen molar-refractivity contribution in [2.24, 2.45) is 5.41 Å². The second kappa shape index (κ2) is 5.71. The first-order chi connectivity index (χ1) is 9.38. The standard InChI is InChI=1S/C15H16BrN3O/c1-15(2,3)13(20)12(14-17-9-18-19-14)8-10-5-4-6-11(16)7-10/h4-9H,1-3H3,(H,17,18,19). The second-order valence-corrected chi connectivity index (χ2v) is 6.44. The van der Waals surface area contributed by atoms with Crippen molar-refractivity contribution in [3.05, 3.63) is 46.5 Å². The van der Waals surface area contributed by atoms with Crippen LogP contribution in [0.25, 0.3) is 11.6 Å². The highest BCUT2D eigenvalue weighted by Gasteiger charge is 2.27. The van der Waals surface area contributed by atoms with Gasteiger partial charge in [-0.15, -0.1) is 0 Å². The van der Waals surface area contributed by atoms with Crippen LogP contribution in [0.15, 0.2) is 35.1 Å². The molecule has 2 aromatic rings. The monoisotopic (exact) mass is 333 g/mol. The lowest BCUT2D eigenvalue weighted by Gasteiger charge is -2.17. The van der Waals surface area contributed by atoms with Crippen LogP contribution in [0.1, 0.15) is 32.2 Å². The maximum absolute atomic E-state index is 12.6. The number of aromatic nitrogens is 3. The molecular weight excluding hydrogens is 318 g/mol. The van der Waals surface area contributed by atoms with Gasteiger partial charge in [-0.1, -0.05) is 48.8 Å². The van der Waals surface area contributed by atoms with Gasteiger partial charge in [0.15, 0.2) is 11.6 Å². The second-order valence-electron chi connectivity index (χ2n) is 5.53. The van der Waals surface area contributed by atoms with Gasteiger partial charge in [-0.3, -0.25) is 9.89 Å². The Balaban J connectivity index is 2.50. The lowest BCUT2D eigenvalue weighted by molar-refractivity contribution is -0.120. The molecule has 5 heteroatoms. The van der Waals surface area contributed by atoms with Crippen LogP contribution in [-0.4, -0.2) is 21.0 Å². The first-order valence-electron chi connectivity index (χ1n) is 6.26. The van der Waals surface area contributed by atoms with E-state index in [1.807, 2.05) is 51.1 Å². The minimum Gasteiger partial charge on any atom is -0.293 e. The van der Waals surface area contributed by atoms with Gasteiger partial charge >= 0.3 is 0 Å². The molecule has 20 heavy (non-hydrogen) atoms. The van der Waals surface area contributed by atoms with Crippen molar-refractivity contribution >= 4 is 33.4 Å². The number of halogens is 1. The molecule has 0 aliphatic heterocycles. The Morgan fingerprint density at radius 1 is 1.35 bits per heavy atom. The third-order valence-corrected chi connectivity index (χ3v) is 3.25. The van der Waals surface area contributed by atoms with Crippen LogP contribution in [0.4, 0.5) is 0 Å². The Hall–Kier alpha value is -1.75. The Kier molecular flexibility index (Phi) is 4.18. The van der Waals surface area contributed by atoms with Crippen LogP contribution in [-0.2, 0) is 4.79 Å². The van der Waals surface area contributed by atoms with Gasteiger partial charge in [0, 0.05) is 9.89 Å². The van der Waals surface area contributed by atoms with Gasteiger partial charge in [0.25, 0.3) is 0 Å². The number of benzene rings is 1. The smallest absolute Gasteiger partial charge is 0.171 e. The SMILES string of the molecule is CC(C)(C)C(=O)C(=Cc1cccc(Br)c1)c1ncn[nH]1. The number of nitrogens with zero attached hydrogens (tertiary/aromatic N) is 2. The number of carbonyl (C=O) groups excluding carboxylic acids is 1. The molecule has 0 fully saturated rings. The number of carbonyl (C=O) groups is 1. The van der Waals surface area contributed by atoms with E-state index in [1.54, 1.807) is 0 Å². The van der Waals surface area contributed by atoms with Gasteiger partial charge in [-0.25, -0.2) is 4.98 Å². The summed E-state index contributed by atoms with van der Waals surface area (Å²) in [6, 6.07) is 7.76. The van der Waals surface area contributed by atoms with E-state index in [0.717, 1.165) is 10.0 Å². The quantitative estimate of drug-likeness (QED) is 0.870. The Morgan fingerprint density at radius 3 is 2.65 bits per heavy atom. The number of Topliss-reactive ketones (excluding diaryl/α,β-unsaturated/α-hetero) is 1. The fourth-order valence-electron chi connectivity index (χ4n) is 1.74. The van der Waals surface area contributed by atoms with Crippen molar-refractivity contribution in [3.63, 3.8) is 0 Å². The summed E-state index contributed by atoms with van der Waals surface area (Å²) in [5.74, 6) is 0.513. The zero-order chi connectivity index (χ0) is 14.8. The summed E-state index contributed by atoms with van der Waals surface area (Å²) in [6.45, 7) is 5.67. The predicted molar refractivity (Wildman–Crippen MR) is 82.9 cm³/mol. The van der Waals surface area contributed by atoms with Crippen molar-refractivity contribution < 1.29 is 4.79 Å². The number of hydrogen-bond acceptors (Lipinski definition) is 3. The number of H-pyrrole nitrogens is 1. The number of rotatable bonds is 3. The first-order valence-corrected chi connectivity index (χ1v) is 7.05. The zero-order valence-corrected chi connectivity index (χ0v) is 13.2. The summed E-state index contributed by atoms with van der Waals surface area (Å²) in [4.78, 5) is 16.7. The van der Waals surface area contributed by atoms with E-state index < -0.39 is 5.41 Å². The molecular formula is C15H16BrN3O. The average Bonchev–Trinajstić information content (AvgIpc) is 2.87. The Morgan fingerprint density at radius 2 is 2.10 bits per heavy atom. The van der Waals surface area contributed by atoms with E-state index in [2.05, 4.69) is 31.1 Å². The average molecular weight is 334 g/mol. The molecule has 4 nitrogen and oxygen atoms in total. The normalized spacial score (nSPS) is 12.5. The molecule has 1 heterocycles. The van der Waals surface area contributed by atoms with E-state index in [-0.39, 0.29) is 5.78 Å². The van der Waals surface area contributed by atoms with Crippen LogP contribution in [0.2, 0.25) is 0 Å². The summed E-state index contributed by atoms with van der Waals surface area (Å²) in [7, 11) is 0. The van der Waals surface area contributed by atoms with Crippen molar-refractivity contribution in [2.75, 3.05) is 0 Å². The number of hydrogen-bond donors (Lipinski definition) is 1. The van der Waals surface area contributed by atoms with Crippen LogP contribution in [0.5, 0.6) is 0 Å². The van der Waals surface area contributed by atoms with Gasteiger partial charge in [0.1, 0.15) is 6.33 Å². The summed E-state index contributed by atoms with van der Waals surface area (Å²) in [5, 5.41) is 6.59. The molecule has 0 aliphatic rings. The van der Waals surface area contributed by atoms with Crippen LogP contribution in [0, 0.1) is 5.41 Å². The summed E-state index contributed by atoms with van der Waals surface area (Å²) < 4.78 is 0.964. The molecule has 0 bridgehead atoms. The molecule has 1 aromatic carbocycles. The summed E-state index contributed by atoms with van der Waals surface area (Å²) in [5.41, 5.74) is 0.987. The minimum absolute atomic E-state index is 0.0224. The lowest BCUT2D eigenvalue weighted by atomic mass is 9.85. The fraction of sp³-hybridized carbons (Fsp3) is 0.267. The molecule has 0 spiro atoms. The molecule has 0 unspecified atom stereocenters. The van der Waals surface area contributed by atoms with Gasteiger partial charge in [-0.2, -0.15) is 5.10 Å². The van der Waals surface area contributed by atoms with Gasteiger partial charge in [-0.05, 0) is 23.8 Å². The lowest BCUT2D eigenvalue weighted by Crippen LogP contribution is -2.21. The molecule has 0 amide bonds. The highest BCUT2D eigenvalue weighted by molar-refractivity contribution is 9.10. The minimum atomic E-state index is -0.482. The highest BCUT2D eigenvalue weighted by atomic mass is 79.9. The Labute approximate surface area is 126 Å². The molecule has 0 saturated heterocycles.